The van der Waals surface area contributed by atoms with Crippen molar-refractivity contribution in [1.82, 2.24) is 0 Å². The van der Waals surface area contributed by atoms with Crippen LogP contribution in [0.3, 0.4) is 0 Å². The Balaban J connectivity index is 1.33. The number of benzene rings is 5. The van der Waals surface area contributed by atoms with E-state index in [1.807, 2.05) is 85.8 Å². The van der Waals surface area contributed by atoms with Gasteiger partial charge in [-0.15, -0.1) is 0 Å². The van der Waals surface area contributed by atoms with Crippen molar-refractivity contribution in [1.29, 1.82) is 0 Å². The number of aliphatic hydroxyl groups excluding tert-OH is 1. The number of hydrogen-bond donors (Lipinski definition) is 1. The molecule has 0 aliphatic carbocycles. The predicted molar refractivity (Wildman–Crippen MR) is 184 cm³/mol. The van der Waals surface area contributed by atoms with E-state index >= 15 is 0 Å². The van der Waals surface area contributed by atoms with E-state index < -0.39 is 11.7 Å². The molecular weight excluding hydrogens is 586 g/mol. The van der Waals surface area contributed by atoms with Crippen LogP contribution in [-0.4, -0.2) is 30.3 Å². The largest absolute Gasteiger partial charge is 0.491 e. The monoisotopic (exact) mass is 625 g/mol. The zero-order chi connectivity index (χ0) is 32.9. The lowest BCUT2D eigenvalue weighted by Gasteiger charge is -2.38. The van der Waals surface area contributed by atoms with Crippen LogP contribution < -0.4 is 14.4 Å². The predicted octanol–water partition coefficient (Wildman–Crippen LogP) is 8.63. The Bertz CT molecular complexity index is 2000. The molecule has 0 amide bonds. The smallest absolute Gasteiger partial charge is 0.340 e. The molecule has 0 fully saturated rings. The first-order chi connectivity index (χ1) is 22.7. The molecule has 1 N–H and O–H groups in total. The number of esters is 1. The van der Waals surface area contributed by atoms with Gasteiger partial charge < -0.3 is 24.2 Å². The van der Waals surface area contributed by atoms with Crippen molar-refractivity contribution >= 4 is 17.3 Å². The molecule has 2 aliphatic heterocycles. The Kier molecular flexibility index (Phi) is 7.77. The minimum Gasteiger partial charge on any atom is -0.491 e. The standard InChI is InChI=1S/C41H39NO5/c1-6-29-16-25(2)17-32(21-29)45-24-31(43)23-42(30-12-8-7-9-13-30)37-22-36-39(20-28(37)5)46-38-19-27(4)26(3)18-35(38)41(36)34-15-11-10-14-33(34)40(44)47-41/h7-22,31,43H,6,23-24H2,1-5H3. The maximum absolute atomic E-state index is 13.5. The first-order valence-electron chi connectivity index (χ1n) is 16.2. The van der Waals surface area contributed by atoms with Crippen LogP contribution in [0.15, 0.2) is 97.1 Å². The van der Waals surface area contributed by atoms with Gasteiger partial charge in [0.1, 0.15) is 30.0 Å². The summed E-state index contributed by atoms with van der Waals surface area (Å²) in [6, 6.07) is 31.9. The molecule has 1 spiro atoms. The van der Waals surface area contributed by atoms with E-state index in [9.17, 15) is 9.90 Å². The summed E-state index contributed by atoms with van der Waals surface area (Å²) in [4.78, 5) is 15.6. The average molecular weight is 626 g/mol. The molecule has 7 rings (SSSR count). The molecule has 0 bridgehead atoms. The number of hydrogen-bond acceptors (Lipinski definition) is 6. The Morgan fingerprint density at radius 2 is 1.47 bits per heavy atom. The zero-order valence-corrected chi connectivity index (χ0v) is 27.5. The van der Waals surface area contributed by atoms with E-state index in [0.717, 1.165) is 62.5 Å². The number of aliphatic hydroxyl groups is 1. The Hall–Kier alpha value is -5.07. The third-order valence-corrected chi connectivity index (χ3v) is 9.36. The number of nitrogens with zero attached hydrogens (tertiary/aromatic N) is 1. The van der Waals surface area contributed by atoms with E-state index in [4.69, 9.17) is 14.2 Å². The molecule has 0 saturated carbocycles. The third kappa shape index (κ3) is 5.33. The van der Waals surface area contributed by atoms with E-state index in [-0.39, 0.29) is 19.1 Å². The van der Waals surface area contributed by atoms with Crippen LogP contribution in [0, 0.1) is 27.7 Å². The summed E-state index contributed by atoms with van der Waals surface area (Å²) in [5.41, 5.74) is 8.91. The number of anilines is 2. The Morgan fingerprint density at radius 3 is 2.23 bits per heavy atom. The number of fused-ring (bicyclic) bond motifs is 6. The van der Waals surface area contributed by atoms with Crippen molar-refractivity contribution in [2.45, 2.75) is 52.7 Å². The zero-order valence-electron chi connectivity index (χ0n) is 27.5. The van der Waals surface area contributed by atoms with Gasteiger partial charge in [-0.1, -0.05) is 49.4 Å². The third-order valence-electron chi connectivity index (χ3n) is 9.36. The van der Waals surface area contributed by atoms with Gasteiger partial charge in [0.25, 0.3) is 0 Å². The van der Waals surface area contributed by atoms with E-state index in [1.165, 1.54) is 5.56 Å². The van der Waals surface area contributed by atoms with Gasteiger partial charge in [0.05, 0.1) is 12.1 Å². The SMILES string of the molecule is CCc1cc(C)cc(OCC(O)CN(c2ccccc2)c2cc3c(cc2C)Oc2cc(C)c(C)cc2C32OC(=O)c3ccccc32)c1. The molecule has 47 heavy (non-hydrogen) atoms. The first kappa shape index (κ1) is 30.6. The van der Waals surface area contributed by atoms with Crippen LogP contribution in [0.5, 0.6) is 17.2 Å². The number of carbonyl (C=O) groups is 1. The number of rotatable bonds is 8. The highest BCUT2D eigenvalue weighted by Crippen LogP contribution is 2.57. The molecule has 5 aromatic rings. The second-order valence-electron chi connectivity index (χ2n) is 12.7. The van der Waals surface area contributed by atoms with Gasteiger partial charge in [-0.3, -0.25) is 0 Å². The summed E-state index contributed by atoms with van der Waals surface area (Å²) in [6.45, 7) is 10.7. The number of carbonyl (C=O) groups excluding carboxylic acids is 1. The van der Waals surface area contributed by atoms with Crippen LogP contribution in [0.2, 0.25) is 0 Å². The molecule has 2 atom stereocenters. The van der Waals surface area contributed by atoms with Gasteiger partial charge in [0.15, 0.2) is 5.60 Å². The van der Waals surface area contributed by atoms with E-state index in [1.54, 1.807) is 0 Å². The highest BCUT2D eigenvalue weighted by Gasteiger charge is 2.54. The first-order valence-corrected chi connectivity index (χ1v) is 16.2. The molecule has 5 aromatic carbocycles. The molecule has 2 unspecified atom stereocenters. The van der Waals surface area contributed by atoms with Crippen LogP contribution in [0.4, 0.5) is 11.4 Å². The normalized spacial score (nSPS) is 16.5. The molecule has 238 valence electrons. The summed E-state index contributed by atoms with van der Waals surface area (Å²) < 4.78 is 19.2. The maximum atomic E-state index is 13.5. The summed E-state index contributed by atoms with van der Waals surface area (Å²) in [5.74, 6) is 1.69. The van der Waals surface area contributed by atoms with Crippen LogP contribution in [-0.2, 0) is 16.8 Å². The summed E-state index contributed by atoms with van der Waals surface area (Å²) >= 11 is 0. The Labute approximate surface area is 276 Å². The van der Waals surface area contributed by atoms with Crippen molar-refractivity contribution in [3.8, 4) is 17.2 Å². The Morgan fingerprint density at radius 1 is 0.787 bits per heavy atom. The second-order valence-corrected chi connectivity index (χ2v) is 12.7. The number of para-hydroxylation sites is 1. The molecule has 2 heterocycles. The van der Waals surface area contributed by atoms with Gasteiger partial charge in [-0.2, -0.15) is 0 Å². The lowest BCUT2D eigenvalue weighted by molar-refractivity contribution is 0.0224. The minimum absolute atomic E-state index is 0.129. The van der Waals surface area contributed by atoms with Crippen molar-refractivity contribution in [3.05, 3.63) is 147 Å². The maximum Gasteiger partial charge on any atom is 0.340 e. The average Bonchev–Trinajstić information content (AvgIpc) is 3.36. The number of ether oxygens (including phenoxy) is 3. The van der Waals surface area contributed by atoms with Crippen molar-refractivity contribution < 1.29 is 24.1 Å². The van der Waals surface area contributed by atoms with Gasteiger partial charge in [-0.05, 0) is 117 Å². The lowest BCUT2D eigenvalue weighted by atomic mass is 9.76. The molecule has 0 saturated heterocycles. The van der Waals surface area contributed by atoms with Crippen molar-refractivity contribution in [2.75, 3.05) is 18.1 Å². The molecule has 6 heteroatoms. The summed E-state index contributed by atoms with van der Waals surface area (Å²) in [7, 11) is 0. The van der Waals surface area contributed by atoms with Crippen LogP contribution in [0.1, 0.15) is 61.8 Å². The fraction of sp³-hybridized carbons (Fsp3) is 0.244. The quantitative estimate of drug-likeness (QED) is 0.174. The molecule has 2 aliphatic rings. The lowest BCUT2D eigenvalue weighted by Crippen LogP contribution is -2.35. The summed E-state index contributed by atoms with van der Waals surface area (Å²) in [5, 5.41) is 11.4. The van der Waals surface area contributed by atoms with Crippen molar-refractivity contribution in [2.24, 2.45) is 0 Å². The highest BCUT2D eigenvalue weighted by atomic mass is 16.6. The van der Waals surface area contributed by atoms with Crippen molar-refractivity contribution in [3.63, 3.8) is 0 Å². The van der Waals surface area contributed by atoms with Gasteiger partial charge in [0, 0.05) is 28.1 Å². The summed E-state index contributed by atoms with van der Waals surface area (Å²) in [6.07, 6.45) is 0.104. The fourth-order valence-corrected chi connectivity index (χ4v) is 6.87. The van der Waals surface area contributed by atoms with Gasteiger partial charge >= 0.3 is 5.97 Å². The van der Waals surface area contributed by atoms with Crippen LogP contribution >= 0.6 is 0 Å². The fourth-order valence-electron chi connectivity index (χ4n) is 6.87. The van der Waals surface area contributed by atoms with E-state index in [0.29, 0.717) is 17.1 Å². The second kappa shape index (κ2) is 11.9. The molecule has 6 nitrogen and oxygen atoms in total. The topological polar surface area (TPSA) is 68.2 Å². The molecule has 0 aromatic heterocycles. The van der Waals surface area contributed by atoms with Crippen LogP contribution in [0.25, 0.3) is 0 Å². The molecular formula is C41H39NO5. The van der Waals surface area contributed by atoms with Gasteiger partial charge in [0.2, 0.25) is 0 Å². The molecule has 0 radical (unpaired) electrons. The minimum atomic E-state index is -1.19. The highest BCUT2D eigenvalue weighted by molar-refractivity contribution is 5.97. The number of aryl methyl sites for hydroxylation is 5. The van der Waals surface area contributed by atoms with Gasteiger partial charge in [-0.25, -0.2) is 4.79 Å². The van der Waals surface area contributed by atoms with E-state index in [2.05, 4.69) is 50.8 Å².